The van der Waals surface area contributed by atoms with Crippen molar-refractivity contribution in [3.8, 4) is 11.5 Å². The number of ether oxygens (including phenoxy) is 4. The van der Waals surface area contributed by atoms with Gasteiger partial charge in [-0.25, -0.2) is 9.59 Å². The number of hydrogen-bond acceptors (Lipinski definition) is 8. The number of amides is 2. The largest absolute Gasteiger partial charge is 0.497 e. The molecule has 1 atom stereocenters. The van der Waals surface area contributed by atoms with Gasteiger partial charge in [0.15, 0.2) is 0 Å². The number of benzene rings is 1. The molecule has 1 unspecified atom stereocenters. The number of hydrogen-bond donors (Lipinski definition) is 1. The van der Waals surface area contributed by atoms with Crippen molar-refractivity contribution < 1.29 is 33.3 Å². The summed E-state index contributed by atoms with van der Waals surface area (Å²) in [5.41, 5.74) is 1.49. The molecule has 0 spiro atoms. The second-order valence-corrected chi connectivity index (χ2v) is 8.43. The number of likely N-dealkylation sites (N-methyl/N-ethyl adjacent to an activating group) is 1. The molecule has 10 heteroatoms. The van der Waals surface area contributed by atoms with E-state index < -0.39 is 12.0 Å². The van der Waals surface area contributed by atoms with Crippen LogP contribution in [-0.2, 0) is 19.1 Å². The summed E-state index contributed by atoms with van der Waals surface area (Å²) in [6, 6.07) is 4.11. The highest BCUT2D eigenvalue weighted by Gasteiger charge is 2.39. The molecule has 2 aliphatic rings. The Balaban J connectivity index is 1.98. The average molecular weight is 490 g/mol. The first-order valence-corrected chi connectivity index (χ1v) is 11.9. The number of esters is 2. The topological polar surface area (TPSA) is 107 Å². The highest BCUT2D eigenvalue weighted by molar-refractivity contribution is 5.95. The van der Waals surface area contributed by atoms with Crippen LogP contribution in [0.15, 0.2) is 29.5 Å². The lowest BCUT2D eigenvalue weighted by atomic mass is 9.92. The Morgan fingerprint density at radius 2 is 1.74 bits per heavy atom. The van der Waals surface area contributed by atoms with E-state index >= 15 is 0 Å². The summed E-state index contributed by atoms with van der Waals surface area (Å²) in [6.07, 6.45) is 1.31. The lowest BCUT2D eigenvalue weighted by Gasteiger charge is -2.38. The van der Waals surface area contributed by atoms with Crippen LogP contribution in [-0.4, -0.2) is 81.9 Å². The minimum absolute atomic E-state index is 0.133. The molecule has 0 radical (unpaired) electrons. The first-order valence-electron chi connectivity index (χ1n) is 11.9. The van der Waals surface area contributed by atoms with Crippen molar-refractivity contribution in [3.63, 3.8) is 0 Å². The van der Waals surface area contributed by atoms with Gasteiger partial charge in [-0.15, -0.1) is 0 Å². The standard InChI is InChI=1S/C25H35N3O7/c1-6-34-23(29)16-10-12-28(13-11-16)15-19-21(24(30)35-7-2)22(26-25(31)27(19)3)18-14-17(32-4)8-9-20(18)33-5/h8-9,14,16,22H,6-7,10-13,15H2,1-5H3,(H,26,31). The van der Waals surface area contributed by atoms with Crippen molar-refractivity contribution >= 4 is 18.0 Å². The fourth-order valence-electron chi connectivity index (χ4n) is 4.50. The molecule has 2 heterocycles. The average Bonchev–Trinajstić information content (AvgIpc) is 2.86. The molecule has 192 valence electrons. The molecule has 2 aliphatic heterocycles. The van der Waals surface area contributed by atoms with Gasteiger partial charge in [0.25, 0.3) is 0 Å². The highest BCUT2D eigenvalue weighted by Crippen LogP contribution is 2.38. The zero-order valence-electron chi connectivity index (χ0n) is 21.1. The number of piperidine rings is 1. The predicted molar refractivity (Wildman–Crippen MR) is 128 cm³/mol. The lowest BCUT2D eigenvalue weighted by Crippen LogP contribution is -2.50. The molecule has 0 bridgehead atoms. The van der Waals surface area contributed by atoms with Gasteiger partial charge in [0.1, 0.15) is 11.5 Å². The van der Waals surface area contributed by atoms with E-state index in [1.165, 1.54) is 12.0 Å². The minimum Gasteiger partial charge on any atom is -0.497 e. The molecule has 1 aromatic carbocycles. The quantitative estimate of drug-likeness (QED) is 0.528. The molecular formula is C25H35N3O7. The Kier molecular flexibility index (Phi) is 8.97. The van der Waals surface area contributed by atoms with E-state index in [2.05, 4.69) is 10.2 Å². The first kappa shape index (κ1) is 26.3. The molecule has 1 saturated heterocycles. The Labute approximate surface area is 206 Å². The number of nitrogens with zero attached hydrogens (tertiary/aromatic N) is 2. The minimum atomic E-state index is -0.783. The van der Waals surface area contributed by atoms with Gasteiger partial charge in [0, 0.05) is 24.9 Å². The van der Waals surface area contributed by atoms with Gasteiger partial charge in [0.05, 0.1) is 45.0 Å². The van der Waals surface area contributed by atoms with E-state index in [4.69, 9.17) is 18.9 Å². The van der Waals surface area contributed by atoms with Crippen LogP contribution in [0.1, 0.15) is 38.3 Å². The van der Waals surface area contributed by atoms with Gasteiger partial charge in [-0.2, -0.15) is 0 Å². The number of carbonyl (C=O) groups is 3. The van der Waals surface area contributed by atoms with Gasteiger partial charge in [-0.3, -0.25) is 14.6 Å². The summed E-state index contributed by atoms with van der Waals surface area (Å²) in [7, 11) is 4.71. The maximum atomic E-state index is 13.2. The van der Waals surface area contributed by atoms with Crippen LogP contribution in [0.5, 0.6) is 11.5 Å². The molecule has 35 heavy (non-hydrogen) atoms. The van der Waals surface area contributed by atoms with Crippen molar-refractivity contribution in [2.24, 2.45) is 5.92 Å². The van der Waals surface area contributed by atoms with Gasteiger partial charge in [0.2, 0.25) is 0 Å². The van der Waals surface area contributed by atoms with E-state index in [0.717, 1.165) is 0 Å². The lowest BCUT2D eigenvalue weighted by molar-refractivity contribution is -0.149. The molecule has 1 N–H and O–H groups in total. The first-order chi connectivity index (χ1) is 16.8. The highest BCUT2D eigenvalue weighted by atomic mass is 16.5. The van der Waals surface area contributed by atoms with E-state index in [1.807, 2.05) is 0 Å². The third-order valence-corrected chi connectivity index (χ3v) is 6.40. The Bertz CT molecular complexity index is 970. The van der Waals surface area contributed by atoms with Crippen molar-refractivity contribution in [1.82, 2.24) is 15.1 Å². The number of carbonyl (C=O) groups excluding carboxylic acids is 3. The third-order valence-electron chi connectivity index (χ3n) is 6.40. The number of methoxy groups -OCH3 is 2. The summed E-state index contributed by atoms with van der Waals surface area (Å²) in [4.78, 5) is 42.0. The maximum Gasteiger partial charge on any atom is 0.338 e. The third kappa shape index (κ3) is 5.87. The molecule has 1 aromatic rings. The SMILES string of the molecule is CCOC(=O)C1=C(CN2CCC(C(=O)OCC)CC2)N(C)C(=O)NC1c1cc(OC)ccc1OC. The summed E-state index contributed by atoms with van der Waals surface area (Å²) >= 11 is 0. The molecule has 0 saturated carbocycles. The zero-order valence-corrected chi connectivity index (χ0v) is 21.1. The molecule has 3 rings (SSSR count). The summed E-state index contributed by atoms with van der Waals surface area (Å²) in [6.45, 7) is 5.75. The molecule has 0 aromatic heterocycles. The fraction of sp³-hybridized carbons (Fsp3) is 0.560. The number of urea groups is 1. The van der Waals surface area contributed by atoms with Crippen LogP contribution in [0, 0.1) is 5.92 Å². The van der Waals surface area contributed by atoms with Crippen molar-refractivity contribution in [2.75, 3.05) is 54.1 Å². The summed E-state index contributed by atoms with van der Waals surface area (Å²) < 4.78 is 21.5. The monoisotopic (exact) mass is 489 g/mol. The molecular weight excluding hydrogens is 454 g/mol. The Morgan fingerprint density at radius 3 is 2.34 bits per heavy atom. The summed E-state index contributed by atoms with van der Waals surface area (Å²) in [5.74, 6) is 0.270. The number of likely N-dealkylation sites (tertiary alicyclic amines) is 1. The van der Waals surface area contributed by atoms with Gasteiger partial charge >= 0.3 is 18.0 Å². The number of nitrogens with one attached hydrogen (secondary N) is 1. The Morgan fingerprint density at radius 1 is 1.06 bits per heavy atom. The molecule has 0 aliphatic carbocycles. The normalized spacial score (nSPS) is 19.3. The van der Waals surface area contributed by atoms with Crippen LogP contribution in [0.3, 0.4) is 0 Å². The smallest absolute Gasteiger partial charge is 0.338 e. The van der Waals surface area contributed by atoms with Gasteiger partial charge < -0.3 is 24.3 Å². The summed E-state index contributed by atoms with van der Waals surface area (Å²) in [5, 5.41) is 2.91. The van der Waals surface area contributed by atoms with Crippen LogP contribution in [0.2, 0.25) is 0 Å². The second-order valence-electron chi connectivity index (χ2n) is 8.43. The fourth-order valence-corrected chi connectivity index (χ4v) is 4.50. The van der Waals surface area contributed by atoms with Gasteiger partial charge in [-0.05, 0) is 58.0 Å². The van der Waals surface area contributed by atoms with Crippen molar-refractivity contribution in [2.45, 2.75) is 32.7 Å². The van der Waals surface area contributed by atoms with Crippen molar-refractivity contribution in [3.05, 3.63) is 35.0 Å². The van der Waals surface area contributed by atoms with E-state index in [9.17, 15) is 14.4 Å². The van der Waals surface area contributed by atoms with Gasteiger partial charge in [-0.1, -0.05) is 0 Å². The predicted octanol–water partition coefficient (Wildman–Crippen LogP) is 2.49. The van der Waals surface area contributed by atoms with Crippen LogP contribution >= 0.6 is 0 Å². The van der Waals surface area contributed by atoms with E-state index in [-0.39, 0.29) is 24.5 Å². The molecule has 1 fully saturated rings. The van der Waals surface area contributed by atoms with Crippen LogP contribution in [0.4, 0.5) is 4.79 Å². The van der Waals surface area contributed by atoms with Crippen LogP contribution < -0.4 is 14.8 Å². The number of rotatable bonds is 9. The zero-order chi connectivity index (χ0) is 25.5. The van der Waals surface area contributed by atoms with E-state index in [0.29, 0.717) is 67.4 Å². The second kappa shape index (κ2) is 11.9. The molecule has 10 nitrogen and oxygen atoms in total. The Hall–Kier alpha value is -3.27. The van der Waals surface area contributed by atoms with E-state index in [1.54, 1.807) is 46.2 Å². The van der Waals surface area contributed by atoms with Crippen LogP contribution in [0.25, 0.3) is 0 Å². The maximum absolute atomic E-state index is 13.2. The molecule has 2 amide bonds. The van der Waals surface area contributed by atoms with Crippen molar-refractivity contribution in [1.29, 1.82) is 0 Å².